The SMILES string of the molecule is Cc1ccccc1N1C(=O)/C(=C/c2cc(Cl)ccc2O)c2ccccc2C1=O. The van der Waals surface area contributed by atoms with Gasteiger partial charge in [0.05, 0.1) is 5.69 Å². The minimum Gasteiger partial charge on any atom is -0.507 e. The maximum Gasteiger partial charge on any atom is 0.265 e. The molecule has 1 aliphatic rings. The second kappa shape index (κ2) is 6.98. The number of nitrogens with zero attached hydrogens (tertiary/aromatic N) is 1. The molecular formula is C23H16ClNO3. The largest absolute Gasteiger partial charge is 0.507 e. The summed E-state index contributed by atoms with van der Waals surface area (Å²) in [6.07, 6.45) is 1.57. The maximum atomic E-state index is 13.4. The predicted octanol–water partition coefficient (Wildman–Crippen LogP) is 5.08. The fraction of sp³-hybridized carbons (Fsp3) is 0.0435. The number of carbonyl (C=O) groups is 2. The standard InChI is InChI=1S/C23H16ClNO3/c1-14-6-2-5-9-20(14)25-22(27)18-8-4-3-7-17(18)19(23(25)28)13-15-12-16(24)10-11-21(15)26/h2-13,26H,1H3/b19-13+. The number of imide groups is 1. The Kier molecular flexibility index (Phi) is 4.49. The molecule has 3 aromatic rings. The summed E-state index contributed by atoms with van der Waals surface area (Å²) in [6.45, 7) is 1.85. The second-order valence-electron chi connectivity index (χ2n) is 6.54. The molecule has 0 aromatic heterocycles. The molecule has 0 saturated heterocycles. The van der Waals surface area contributed by atoms with Gasteiger partial charge in [-0.15, -0.1) is 0 Å². The molecule has 0 radical (unpaired) electrons. The molecule has 138 valence electrons. The van der Waals surface area contributed by atoms with Crippen LogP contribution in [0.25, 0.3) is 11.6 Å². The zero-order valence-electron chi connectivity index (χ0n) is 15.0. The van der Waals surface area contributed by atoms with Gasteiger partial charge in [-0.3, -0.25) is 9.59 Å². The predicted molar refractivity (Wildman–Crippen MR) is 110 cm³/mol. The highest BCUT2D eigenvalue weighted by molar-refractivity contribution is 6.43. The Hall–Kier alpha value is -3.37. The maximum absolute atomic E-state index is 13.4. The lowest BCUT2D eigenvalue weighted by Gasteiger charge is -2.29. The number of aromatic hydroxyl groups is 1. The minimum absolute atomic E-state index is 0.00141. The van der Waals surface area contributed by atoms with Crippen molar-refractivity contribution >= 4 is 40.8 Å². The van der Waals surface area contributed by atoms with Gasteiger partial charge < -0.3 is 5.11 Å². The molecule has 0 atom stereocenters. The first-order chi connectivity index (χ1) is 13.5. The lowest BCUT2D eigenvalue weighted by atomic mass is 9.91. The summed E-state index contributed by atoms with van der Waals surface area (Å²) in [4.78, 5) is 27.7. The average molecular weight is 390 g/mol. The highest BCUT2D eigenvalue weighted by atomic mass is 35.5. The molecule has 0 spiro atoms. The van der Waals surface area contributed by atoms with E-state index in [1.54, 1.807) is 54.6 Å². The van der Waals surface area contributed by atoms with Crippen molar-refractivity contribution < 1.29 is 14.7 Å². The molecule has 5 heteroatoms. The van der Waals surface area contributed by atoms with E-state index in [2.05, 4.69) is 0 Å². The summed E-state index contributed by atoms with van der Waals surface area (Å²) < 4.78 is 0. The highest BCUT2D eigenvalue weighted by Crippen LogP contribution is 2.36. The third-order valence-electron chi connectivity index (χ3n) is 4.73. The van der Waals surface area contributed by atoms with Crippen LogP contribution in [0.3, 0.4) is 0 Å². The van der Waals surface area contributed by atoms with Crippen molar-refractivity contribution in [2.75, 3.05) is 4.90 Å². The molecule has 4 nitrogen and oxygen atoms in total. The van der Waals surface area contributed by atoms with Crippen LogP contribution in [-0.2, 0) is 4.79 Å². The van der Waals surface area contributed by atoms with Crippen LogP contribution < -0.4 is 4.90 Å². The number of phenolic OH excluding ortho intramolecular Hbond substituents is 1. The summed E-state index contributed by atoms with van der Waals surface area (Å²) in [5.74, 6) is -0.818. The summed E-state index contributed by atoms with van der Waals surface area (Å²) in [5, 5.41) is 10.6. The number of hydrogen-bond donors (Lipinski definition) is 1. The van der Waals surface area contributed by atoms with Crippen LogP contribution in [0.5, 0.6) is 5.75 Å². The van der Waals surface area contributed by atoms with Crippen molar-refractivity contribution in [3.63, 3.8) is 0 Å². The smallest absolute Gasteiger partial charge is 0.265 e. The van der Waals surface area contributed by atoms with E-state index in [-0.39, 0.29) is 11.7 Å². The van der Waals surface area contributed by atoms with Crippen LogP contribution in [-0.4, -0.2) is 16.9 Å². The molecule has 1 aliphatic heterocycles. The molecule has 1 heterocycles. The van der Waals surface area contributed by atoms with Crippen LogP contribution in [0.4, 0.5) is 5.69 Å². The first-order valence-electron chi connectivity index (χ1n) is 8.71. The Labute approximate surface area is 167 Å². The van der Waals surface area contributed by atoms with E-state index in [0.29, 0.717) is 33.0 Å². The number of para-hydroxylation sites is 1. The second-order valence-corrected chi connectivity index (χ2v) is 6.98. The molecular weight excluding hydrogens is 374 g/mol. The number of phenols is 1. The van der Waals surface area contributed by atoms with Crippen LogP contribution >= 0.6 is 11.6 Å². The van der Waals surface area contributed by atoms with E-state index in [9.17, 15) is 14.7 Å². The van der Waals surface area contributed by atoms with Crippen molar-refractivity contribution in [1.29, 1.82) is 0 Å². The zero-order valence-corrected chi connectivity index (χ0v) is 15.8. The van der Waals surface area contributed by atoms with Crippen LogP contribution in [0.2, 0.25) is 5.02 Å². The van der Waals surface area contributed by atoms with Gasteiger partial charge >= 0.3 is 0 Å². The Morgan fingerprint density at radius 3 is 2.32 bits per heavy atom. The van der Waals surface area contributed by atoms with Gasteiger partial charge in [0.15, 0.2) is 0 Å². The van der Waals surface area contributed by atoms with Crippen LogP contribution in [0.1, 0.15) is 27.0 Å². The fourth-order valence-electron chi connectivity index (χ4n) is 3.32. The highest BCUT2D eigenvalue weighted by Gasteiger charge is 2.36. The number of hydrogen-bond acceptors (Lipinski definition) is 3. The Balaban J connectivity index is 1.95. The molecule has 3 aromatic carbocycles. The zero-order chi connectivity index (χ0) is 19.8. The summed E-state index contributed by atoms with van der Waals surface area (Å²) in [7, 11) is 0. The Bertz CT molecular complexity index is 1150. The summed E-state index contributed by atoms with van der Waals surface area (Å²) in [6, 6.07) is 18.8. The van der Waals surface area contributed by atoms with Gasteiger partial charge in [0.1, 0.15) is 5.75 Å². The topological polar surface area (TPSA) is 57.6 Å². The molecule has 0 fully saturated rings. The molecule has 0 aliphatic carbocycles. The number of anilines is 1. The number of fused-ring (bicyclic) bond motifs is 1. The van der Waals surface area contributed by atoms with Gasteiger partial charge in [-0.2, -0.15) is 0 Å². The van der Waals surface area contributed by atoms with E-state index in [4.69, 9.17) is 11.6 Å². The van der Waals surface area contributed by atoms with E-state index < -0.39 is 5.91 Å². The van der Waals surface area contributed by atoms with Crippen LogP contribution in [0.15, 0.2) is 66.7 Å². The van der Waals surface area contributed by atoms with E-state index >= 15 is 0 Å². The monoisotopic (exact) mass is 389 g/mol. The third-order valence-corrected chi connectivity index (χ3v) is 4.97. The van der Waals surface area contributed by atoms with Gasteiger partial charge in [-0.25, -0.2) is 4.90 Å². The number of aryl methyl sites for hydroxylation is 1. The minimum atomic E-state index is -0.447. The Morgan fingerprint density at radius 2 is 1.57 bits per heavy atom. The van der Waals surface area contributed by atoms with Crippen molar-refractivity contribution in [2.24, 2.45) is 0 Å². The van der Waals surface area contributed by atoms with E-state index in [1.807, 2.05) is 19.1 Å². The number of benzene rings is 3. The van der Waals surface area contributed by atoms with Gasteiger partial charge in [0.25, 0.3) is 11.8 Å². The Morgan fingerprint density at radius 1 is 0.893 bits per heavy atom. The van der Waals surface area contributed by atoms with Crippen molar-refractivity contribution in [3.05, 3.63) is 94.0 Å². The average Bonchev–Trinajstić information content (AvgIpc) is 2.69. The number of halogens is 1. The molecule has 2 amide bonds. The quantitative estimate of drug-likeness (QED) is 0.491. The molecule has 0 unspecified atom stereocenters. The molecule has 0 saturated carbocycles. The summed E-state index contributed by atoms with van der Waals surface area (Å²) in [5.41, 5.74) is 3.03. The first-order valence-corrected chi connectivity index (χ1v) is 9.09. The fourth-order valence-corrected chi connectivity index (χ4v) is 3.50. The van der Waals surface area contributed by atoms with Crippen molar-refractivity contribution in [2.45, 2.75) is 6.92 Å². The van der Waals surface area contributed by atoms with Gasteiger partial charge in [-0.05, 0) is 54.5 Å². The van der Waals surface area contributed by atoms with Crippen molar-refractivity contribution in [1.82, 2.24) is 0 Å². The van der Waals surface area contributed by atoms with Gasteiger partial charge in [0.2, 0.25) is 0 Å². The van der Waals surface area contributed by atoms with Gasteiger partial charge in [0, 0.05) is 21.7 Å². The lowest BCUT2D eigenvalue weighted by Crippen LogP contribution is -2.42. The number of rotatable bonds is 2. The van der Waals surface area contributed by atoms with E-state index in [1.165, 1.54) is 11.0 Å². The van der Waals surface area contributed by atoms with E-state index in [0.717, 1.165) is 5.56 Å². The lowest BCUT2D eigenvalue weighted by molar-refractivity contribution is -0.112. The third kappa shape index (κ3) is 2.98. The first kappa shape index (κ1) is 18.0. The summed E-state index contributed by atoms with van der Waals surface area (Å²) >= 11 is 6.05. The number of amides is 2. The molecule has 4 rings (SSSR count). The van der Waals surface area contributed by atoms with Crippen LogP contribution in [0, 0.1) is 6.92 Å². The molecule has 0 bridgehead atoms. The van der Waals surface area contributed by atoms with Gasteiger partial charge in [-0.1, -0.05) is 48.0 Å². The number of carbonyl (C=O) groups excluding carboxylic acids is 2. The molecule has 1 N–H and O–H groups in total. The van der Waals surface area contributed by atoms with Crippen molar-refractivity contribution in [3.8, 4) is 5.75 Å². The normalized spacial score (nSPS) is 15.1. The molecule has 28 heavy (non-hydrogen) atoms.